The number of carbonyl (C=O) groups is 3. The van der Waals surface area contributed by atoms with Crippen molar-refractivity contribution in [2.75, 3.05) is 19.6 Å². The van der Waals surface area contributed by atoms with Gasteiger partial charge in [0.15, 0.2) is 5.96 Å². The number of nitrogens with one attached hydrogen (secondary N) is 4. The van der Waals surface area contributed by atoms with Gasteiger partial charge >= 0.3 is 6.09 Å². The molecule has 179 valence electrons. The van der Waals surface area contributed by atoms with E-state index >= 15 is 0 Å². The molecule has 11 nitrogen and oxygen atoms in total. The first-order valence-corrected chi connectivity index (χ1v) is 10.9. The van der Waals surface area contributed by atoms with Crippen LogP contribution in [0.5, 0.6) is 0 Å². The second kappa shape index (κ2) is 13.7. The van der Waals surface area contributed by atoms with Gasteiger partial charge in [-0.3, -0.25) is 19.8 Å². The Hall–Kier alpha value is -3.63. The van der Waals surface area contributed by atoms with Crippen LogP contribution in [-0.4, -0.2) is 66.8 Å². The maximum atomic E-state index is 12.6. The molecule has 1 aromatic rings. The maximum absolute atomic E-state index is 12.6. The van der Waals surface area contributed by atoms with Crippen LogP contribution in [0.15, 0.2) is 30.3 Å². The minimum atomic E-state index is -0.801. The molecule has 1 aliphatic heterocycles. The van der Waals surface area contributed by atoms with Gasteiger partial charge in [0.2, 0.25) is 18.1 Å². The molecule has 0 aliphatic carbocycles. The minimum Gasteiger partial charge on any atom is -0.445 e. The Labute approximate surface area is 192 Å². The summed E-state index contributed by atoms with van der Waals surface area (Å²) in [5, 5.41) is 14.9. The lowest BCUT2D eigenvalue weighted by atomic mass is 10.1. The zero-order chi connectivity index (χ0) is 24.1. The third-order valence-corrected chi connectivity index (χ3v) is 5.14. The molecule has 6 N–H and O–H groups in total. The Morgan fingerprint density at radius 2 is 1.97 bits per heavy atom. The molecule has 3 amide bonds. The second-order valence-corrected chi connectivity index (χ2v) is 7.65. The molecule has 1 aromatic carbocycles. The minimum absolute atomic E-state index is 0.0319. The first-order valence-electron chi connectivity index (χ1n) is 10.9. The molecule has 1 radical (unpaired) electrons. The molecule has 0 spiro atoms. The van der Waals surface area contributed by atoms with Gasteiger partial charge < -0.3 is 31.3 Å². The van der Waals surface area contributed by atoms with E-state index in [0.29, 0.717) is 38.8 Å². The number of hydrogen-bond donors (Lipinski definition) is 5. The Morgan fingerprint density at radius 3 is 2.67 bits per heavy atom. The first-order chi connectivity index (χ1) is 15.9. The number of rotatable bonds is 12. The zero-order valence-electron chi connectivity index (χ0n) is 18.5. The smallest absolute Gasteiger partial charge is 0.407 e. The zero-order valence-corrected chi connectivity index (χ0v) is 18.5. The van der Waals surface area contributed by atoms with Crippen LogP contribution in [0, 0.1) is 5.41 Å². The summed E-state index contributed by atoms with van der Waals surface area (Å²) in [6.07, 6.45) is 3.24. The number of amides is 3. The summed E-state index contributed by atoms with van der Waals surface area (Å²) in [6, 6.07) is 7.78. The molecule has 1 aliphatic rings. The van der Waals surface area contributed by atoms with Gasteiger partial charge in [-0.2, -0.15) is 0 Å². The molecule has 33 heavy (non-hydrogen) atoms. The number of hydrogen-bond acceptors (Lipinski definition) is 6. The topological polar surface area (TPSA) is 167 Å². The second-order valence-electron chi connectivity index (χ2n) is 7.65. The molecule has 0 aromatic heterocycles. The molecule has 1 heterocycles. The average molecular weight is 460 g/mol. The number of ether oxygens (including phenoxy) is 1. The van der Waals surface area contributed by atoms with Crippen LogP contribution in [-0.2, 0) is 25.7 Å². The predicted molar refractivity (Wildman–Crippen MR) is 121 cm³/mol. The summed E-state index contributed by atoms with van der Waals surface area (Å²) in [5.41, 5.74) is 6.05. The Balaban J connectivity index is 1.72. The molecule has 0 unspecified atom stereocenters. The van der Waals surface area contributed by atoms with Crippen LogP contribution in [0.1, 0.15) is 37.7 Å². The van der Waals surface area contributed by atoms with Crippen LogP contribution < -0.4 is 21.7 Å². The molecule has 2 atom stereocenters. The molecule has 11 heteroatoms. The summed E-state index contributed by atoms with van der Waals surface area (Å²) in [6.45, 7) is 1.06. The van der Waals surface area contributed by atoms with E-state index in [1.165, 1.54) is 4.90 Å². The lowest BCUT2D eigenvalue weighted by Gasteiger charge is -2.25. The van der Waals surface area contributed by atoms with Crippen molar-refractivity contribution < 1.29 is 23.9 Å². The average Bonchev–Trinajstić information content (AvgIpc) is 3.30. The molecular formula is C22H31N6O5. The number of carbonyl (C=O) groups excluding carboxylic acids is 4. The van der Waals surface area contributed by atoms with E-state index in [1.54, 1.807) is 6.29 Å². The third-order valence-electron chi connectivity index (χ3n) is 5.14. The van der Waals surface area contributed by atoms with Gasteiger partial charge in [-0.25, -0.2) is 4.79 Å². The Bertz CT molecular complexity index is 819. The number of benzene rings is 1. The fraction of sp³-hybridized carbons (Fsp3) is 0.500. The molecular weight excluding hydrogens is 428 g/mol. The van der Waals surface area contributed by atoms with Gasteiger partial charge in [0.1, 0.15) is 12.6 Å². The SMILES string of the molecule is N=C(N)NCCC[C@@H]([C]=O)NC(=O)[C@@H]1CCCN1C(=O)CCNC(=O)OCc1ccccc1. The van der Waals surface area contributed by atoms with Crippen molar-refractivity contribution in [3.63, 3.8) is 0 Å². The van der Waals surface area contributed by atoms with E-state index in [-0.39, 0.29) is 31.4 Å². The van der Waals surface area contributed by atoms with Crippen LogP contribution in [0.4, 0.5) is 4.79 Å². The summed E-state index contributed by atoms with van der Waals surface area (Å²) in [7, 11) is 0. The van der Waals surface area contributed by atoms with E-state index in [0.717, 1.165) is 5.56 Å². The summed E-state index contributed by atoms with van der Waals surface area (Å²) < 4.78 is 5.11. The van der Waals surface area contributed by atoms with Crippen molar-refractivity contribution in [1.82, 2.24) is 20.9 Å². The van der Waals surface area contributed by atoms with Gasteiger partial charge in [0.05, 0.1) is 6.04 Å². The highest BCUT2D eigenvalue weighted by atomic mass is 16.5. The lowest BCUT2D eigenvalue weighted by Crippen LogP contribution is -2.49. The number of likely N-dealkylation sites (tertiary alicyclic amines) is 1. The van der Waals surface area contributed by atoms with Crippen molar-refractivity contribution in [2.45, 2.75) is 50.8 Å². The van der Waals surface area contributed by atoms with E-state index in [2.05, 4.69) is 16.0 Å². The predicted octanol–water partition coefficient (Wildman–Crippen LogP) is 0.152. The largest absolute Gasteiger partial charge is 0.445 e. The summed E-state index contributed by atoms with van der Waals surface area (Å²) >= 11 is 0. The van der Waals surface area contributed by atoms with Crippen LogP contribution in [0.3, 0.4) is 0 Å². The van der Waals surface area contributed by atoms with Crippen LogP contribution in [0.2, 0.25) is 0 Å². The fourth-order valence-electron chi connectivity index (χ4n) is 3.48. The monoisotopic (exact) mass is 459 g/mol. The first kappa shape index (κ1) is 25.6. The molecule has 0 saturated carbocycles. The van der Waals surface area contributed by atoms with Gasteiger partial charge in [0, 0.05) is 26.1 Å². The highest BCUT2D eigenvalue weighted by Crippen LogP contribution is 2.18. The van der Waals surface area contributed by atoms with Gasteiger partial charge in [-0.05, 0) is 31.2 Å². The molecule has 1 fully saturated rings. The lowest BCUT2D eigenvalue weighted by molar-refractivity contribution is -0.138. The number of alkyl carbamates (subject to hydrolysis) is 1. The van der Waals surface area contributed by atoms with Gasteiger partial charge in [0.25, 0.3) is 0 Å². The van der Waals surface area contributed by atoms with Crippen molar-refractivity contribution in [1.29, 1.82) is 5.41 Å². The van der Waals surface area contributed by atoms with E-state index < -0.39 is 24.1 Å². The highest BCUT2D eigenvalue weighted by Gasteiger charge is 2.34. The number of nitrogens with two attached hydrogens (primary N) is 1. The van der Waals surface area contributed by atoms with E-state index in [9.17, 15) is 19.2 Å². The van der Waals surface area contributed by atoms with Crippen molar-refractivity contribution >= 4 is 30.2 Å². The van der Waals surface area contributed by atoms with Crippen LogP contribution in [0.25, 0.3) is 0 Å². The van der Waals surface area contributed by atoms with Gasteiger partial charge in [-0.15, -0.1) is 0 Å². The summed E-state index contributed by atoms with van der Waals surface area (Å²) in [5.74, 6) is -0.818. The summed E-state index contributed by atoms with van der Waals surface area (Å²) in [4.78, 5) is 49.7. The fourth-order valence-corrected chi connectivity index (χ4v) is 3.48. The maximum Gasteiger partial charge on any atom is 0.407 e. The normalized spacial score (nSPS) is 15.9. The Morgan fingerprint density at radius 1 is 1.21 bits per heavy atom. The highest BCUT2D eigenvalue weighted by molar-refractivity contribution is 5.89. The third kappa shape index (κ3) is 9.17. The number of nitrogens with zero attached hydrogens (tertiary/aromatic N) is 1. The quantitative estimate of drug-likeness (QED) is 0.168. The Kier molecular flexibility index (Phi) is 10.6. The molecule has 0 bridgehead atoms. The van der Waals surface area contributed by atoms with E-state index in [1.807, 2.05) is 30.3 Å². The van der Waals surface area contributed by atoms with Crippen molar-refractivity contribution in [2.24, 2.45) is 5.73 Å². The van der Waals surface area contributed by atoms with Gasteiger partial charge in [-0.1, -0.05) is 30.3 Å². The van der Waals surface area contributed by atoms with Crippen molar-refractivity contribution in [3.05, 3.63) is 35.9 Å². The standard InChI is InChI=1S/C22H31N6O5/c23-21(24)25-11-4-8-17(14-29)27-20(31)18-9-5-13-28(18)19(30)10-12-26-22(32)33-15-16-6-2-1-3-7-16/h1-3,6-7,17-18H,4-5,8-13,15H2,(H,26,32)(H,27,31)(H4,23,24,25)/t17-,18-/m0/s1. The number of guanidine groups is 1. The van der Waals surface area contributed by atoms with Crippen molar-refractivity contribution in [3.8, 4) is 0 Å². The molecule has 1 saturated heterocycles. The van der Waals surface area contributed by atoms with Crippen LogP contribution >= 0.6 is 0 Å². The molecule has 2 rings (SSSR count). The van der Waals surface area contributed by atoms with E-state index in [4.69, 9.17) is 15.9 Å².